The van der Waals surface area contributed by atoms with E-state index in [1.54, 1.807) is 6.92 Å². The van der Waals surface area contributed by atoms with Crippen LogP contribution >= 0.6 is 0 Å². The Balaban J connectivity index is 1.47. The fraction of sp³-hybridized carbons (Fsp3) is 0.542. The minimum absolute atomic E-state index is 0.0542. The minimum atomic E-state index is -2.98. The smallest absolute Gasteiger partial charge is 0.315 e. The zero-order valence-corrected chi connectivity index (χ0v) is 17.5. The van der Waals surface area contributed by atoms with Crippen molar-refractivity contribution in [1.82, 2.24) is 4.90 Å². The number of alkyl halides is 2. The summed E-state index contributed by atoms with van der Waals surface area (Å²) in [4.78, 5) is 38.8. The van der Waals surface area contributed by atoms with E-state index in [0.29, 0.717) is 38.8 Å². The molecule has 4 nitrogen and oxygen atoms in total. The highest BCUT2D eigenvalue weighted by molar-refractivity contribution is 6.10. The van der Waals surface area contributed by atoms with E-state index in [2.05, 4.69) is 11.8 Å². The Bertz CT molecular complexity index is 960. The lowest BCUT2D eigenvalue weighted by molar-refractivity contribution is -0.185. The number of benzene rings is 1. The summed E-state index contributed by atoms with van der Waals surface area (Å²) in [5.41, 5.74) is 2.93. The van der Waals surface area contributed by atoms with Crippen molar-refractivity contribution in [2.24, 2.45) is 10.8 Å². The first kappa shape index (κ1) is 20.7. The van der Waals surface area contributed by atoms with Crippen LogP contribution in [0, 0.1) is 36.5 Å². The van der Waals surface area contributed by atoms with Gasteiger partial charge in [0.15, 0.2) is 0 Å². The molecule has 0 N–H and O–H groups in total. The molecule has 3 fully saturated rings. The van der Waals surface area contributed by atoms with Gasteiger partial charge in [0.1, 0.15) is 17.5 Å². The quantitative estimate of drug-likeness (QED) is 0.550. The Labute approximate surface area is 175 Å². The number of hydrogen-bond acceptors (Lipinski definition) is 3. The van der Waals surface area contributed by atoms with Gasteiger partial charge in [-0.2, -0.15) is 8.78 Å². The number of amides is 1. The van der Waals surface area contributed by atoms with Crippen LogP contribution in [0.15, 0.2) is 12.1 Å². The lowest BCUT2D eigenvalue weighted by atomic mass is 9.45. The second-order valence-electron chi connectivity index (χ2n) is 9.47. The molecule has 0 bridgehead atoms. The standard InChI is InChI=1S/C24H25F2NO3/c1-4-5-16-6-14(2)19(15(3)7-16)20-17(28)8-23(9-18(20)29)10-24(11-23)12-27(13-24)22(30)21(25)26/h6-7,20-21H,8-13H2,1-3H3. The first-order chi connectivity index (χ1) is 14.1. The van der Waals surface area contributed by atoms with Gasteiger partial charge in [0, 0.05) is 36.9 Å². The van der Waals surface area contributed by atoms with E-state index in [9.17, 15) is 23.2 Å². The highest BCUT2D eigenvalue weighted by atomic mass is 19.3. The van der Waals surface area contributed by atoms with Gasteiger partial charge in [-0.05, 0) is 67.9 Å². The lowest BCUT2D eigenvalue weighted by Crippen LogP contribution is -2.68. The zero-order valence-electron chi connectivity index (χ0n) is 17.5. The Morgan fingerprint density at radius 1 is 1.07 bits per heavy atom. The second-order valence-corrected chi connectivity index (χ2v) is 9.47. The van der Waals surface area contributed by atoms with Gasteiger partial charge in [-0.25, -0.2) is 0 Å². The van der Waals surface area contributed by atoms with Crippen LogP contribution in [0.3, 0.4) is 0 Å². The normalized spacial score (nSPS) is 22.0. The molecular weight excluding hydrogens is 388 g/mol. The molecule has 1 amide bonds. The fourth-order valence-electron chi connectivity index (χ4n) is 6.22. The number of carbonyl (C=O) groups is 3. The number of nitrogens with zero attached hydrogens (tertiary/aromatic N) is 1. The maximum absolute atomic E-state index is 13.1. The molecule has 2 saturated carbocycles. The van der Waals surface area contributed by atoms with E-state index in [0.717, 1.165) is 22.3 Å². The molecule has 2 spiro atoms. The van der Waals surface area contributed by atoms with Crippen molar-refractivity contribution in [1.29, 1.82) is 0 Å². The number of likely N-dealkylation sites (tertiary alicyclic amines) is 1. The molecule has 1 heterocycles. The van der Waals surface area contributed by atoms with Crippen molar-refractivity contribution in [2.75, 3.05) is 13.1 Å². The first-order valence-corrected chi connectivity index (χ1v) is 10.2. The molecule has 1 aromatic carbocycles. The molecule has 158 valence electrons. The third-order valence-electron chi connectivity index (χ3n) is 6.95. The van der Waals surface area contributed by atoms with Crippen LogP contribution in [-0.2, 0) is 14.4 Å². The molecule has 1 aromatic rings. The van der Waals surface area contributed by atoms with Crippen LogP contribution in [0.4, 0.5) is 8.78 Å². The number of aryl methyl sites for hydroxylation is 2. The lowest BCUT2D eigenvalue weighted by Gasteiger charge is -2.65. The van der Waals surface area contributed by atoms with Crippen molar-refractivity contribution >= 4 is 17.5 Å². The third kappa shape index (κ3) is 3.25. The van der Waals surface area contributed by atoms with Crippen LogP contribution in [0.5, 0.6) is 0 Å². The highest BCUT2D eigenvalue weighted by Gasteiger charge is 2.63. The maximum Gasteiger partial charge on any atom is 0.315 e. The van der Waals surface area contributed by atoms with Gasteiger partial charge in [0.2, 0.25) is 0 Å². The first-order valence-electron chi connectivity index (χ1n) is 10.2. The van der Waals surface area contributed by atoms with Crippen LogP contribution in [0.1, 0.15) is 60.8 Å². The number of rotatable bonds is 2. The fourth-order valence-corrected chi connectivity index (χ4v) is 6.22. The molecule has 2 aliphatic carbocycles. The Kier molecular flexibility index (Phi) is 4.84. The highest BCUT2D eigenvalue weighted by Crippen LogP contribution is 2.64. The van der Waals surface area contributed by atoms with Crippen molar-refractivity contribution in [2.45, 2.75) is 58.8 Å². The van der Waals surface area contributed by atoms with E-state index in [1.807, 2.05) is 26.0 Å². The van der Waals surface area contributed by atoms with E-state index in [1.165, 1.54) is 4.90 Å². The summed E-state index contributed by atoms with van der Waals surface area (Å²) in [6.45, 7) is 6.21. The predicted molar refractivity (Wildman–Crippen MR) is 107 cm³/mol. The summed E-state index contributed by atoms with van der Waals surface area (Å²) in [6.07, 6.45) is -0.997. The van der Waals surface area contributed by atoms with E-state index >= 15 is 0 Å². The van der Waals surface area contributed by atoms with Gasteiger partial charge in [-0.1, -0.05) is 5.92 Å². The Morgan fingerprint density at radius 2 is 1.60 bits per heavy atom. The number of carbonyl (C=O) groups excluding carboxylic acids is 3. The summed E-state index contributed by atoms with van der Waals surface area (Å²) in [7, 11) is 0. The summed E-state index contributed by atoms with van der Waals surface area (Å²) < 4.78 is 25.1. The number of ketones is 2. The second kappa shape index (κ2) is 7.01. The summed E-state index contributed by atoms with van der Waals surface area (Å²) in [6, 6.07) is 3.84. The predicted octanol–water partition coefficient (Wildman–Crippen LogP) is 3.56. The number of Topliss-reactive ketones (excluding diaryl/α,β-unsaturated/α-hetero) is 2. The van der Waals surface area contributed by atoms with Crippen molar-refractivity contribution in [3.8, 4) is 11.8 Å². The average Bonchev–Trinajstić information content (AvgIpc) is 2.58. The van der Waals surface area contributed by atoms with Gasteiger partial charge in [0.25, 0.3) is 5.91 Å². The molecule has 0 atom stereocenters. The molecule has 3 aliphatic rings. The molecule has 30 heavy (non-hydrogen) atoms. The molecule has 0 aromatic heterocycles. The molecule has 1 aliphatic heterocycles. The summed E-state index contributed by atoms with van der Waals surface area (Å²) in [5.74, 6) is 3.92. The van der Waals surface area contributed by atoms with Crippen LogP contribution in [0.2, 0.25) is 0 Å². The Hall–Kier alpha value is -2.55. The maximum atomic E-state index is 13.1. The summed E-state index contributed by atoms with van der Waals surface area (Å²) >= 11 is 0. The van der Waals surface area contributed by atoms with Crippen LogP contribution < -0.4 is 0 Å². The van der Waals surface area contributed by atoms with Gasteiger partial charge < -0.3 is 4.90 Å². The van der Waals surface area contributed by atoms with Crippen LogP contribution in [-0.4, -0.2) is 41.9 Å². The van der Waals surface area contributed by atoms with Gasteiger partial charge in [0.05, 0.1) is 0 Å². The molecule has 4 rings (SSSR count). The summed E-state index contributed by atoms with van der Waals surface area (Å²) in [5, 5.41) is 0. The van der Waals surface area contributed by atoms with Crippen molar-refractivity contribution in [3.63, 3.8) is 0 Å². The van der Waals surface area contributed by atoms with Gasteiger partial charge >= 0.3 is 6.43 Å². The topological polar surface area (TPSA) is 54.5 Å². The Morgan fingerprint density at radius 3 is 2.07 bits per heavy atom. The SMILES string of the molecule is CC#Cc1cc(C)c(C2C(=O)CC3(CC2=O)CC2(CN(C(=O)C(F)F)C2)C3)c(C)c1. The minimum Gasteiger partial charge on any atom is -0.336 e. The van der Waals surface area contributed by atoms with E-state index in [4.69, 9.17) is 0 Å². The van der Waals surface area contributed by atoms with E-state index < -0.39 is 18.3 Å². The molecule has 6 heteroatoms. The molecule has 1 saturated heterocycles. The van der Waals surface area contributed by atoms with Gasteiger partial charge in [-0.3, -0.25) is 14.4 Å². The molecule has 0 unspecified atom stereocenters. The average molecular weight is 413 g/mol. The zero-order chi connectivity index (χ0) is 21.8. The largest absolute Gasteiger partial charge is 0.336 e. The molecule has 0 radical (unpaired) electrons. The van der Waals surface area contributed by atoms with Gasteiger partial charge in [-0.15, -0.1) is 5.92 Å². The van der Waals surface area contributed by atoms with Crippen molar-refractivity contribution < 1.29 is 23.2 Å². The van der Waals surface area contributed by atoms with Crippen molar-refractivity contribution in [3.05, 3.63) is 34.4 Å². The van der Waals surface area contributed by atoms with E-state index in [-0.39, 0.29) is 22.4 Å². The van der Waals surface area contributed by atoms with Crippen LogP contribution in [0.25, 0.3) is 0 Å². The monoisotopic (exact) mass is 413 g/mol. The third-order valence-corrected chi connectivity index (χ3v) is 6.95. The number of hydrogen-bond donors (Lipinski definition) is 0. The molecular formula is C24H25F2NO3. The number of halogens is 2.